The van der Waals surface area contributed by atoms with Gasteiger partial charge in [-0.25, -0.2) is 4.99 Å². The fraction of sp³-hybridized carbons (Fsp3) is 0.273. The maximum atomic E-state index is 5.93. The Morgan fingerprint density at radius 3 is 2.59 bits per heavy atom. The van der Waals surface area contributed by atoms with Crippen LogP contribution in [0.3, 0.4) is 0 Å². The molecule has 92 valence electrons. The molecular weight excluding hydrogens is 238 g/mol. The number of hydrogen-bond acceptors (Lipinski definition) is 1. The van der Waals surface area contributed by atoms with E-state index in [4.69, 9.17) is 28.8 Å². The van der Waals surface area contributed by atoms with Crippen molar-refractivity contribution in [3.63, 3.8) is 0 Å². The van der Waals surface area contributed by atoms with Crippen LogP contribution in [-0.4, -0.2) is 11.9 Å². The third kappa shape index (κ3) is 4.32. The minimum absolute atomic E-state index is 0.0321. The number of nitrogens with two attached hydrogens (primary N) is 3. The number of nitrogens with zero attached hydrogens (tertiary/aromatic N) is 2. The highest BCUT2D eigenvalue weighted by Crippen LogP contribution is 2.24. The molecule has 0 saturated carbocycles. The lowest BCUT2D eigenvalue weighted by Gasteiger charge is -2.05. The van der Waals surface area contributed by atoms with Gasteiger partial charge in [-0.05, 0) is 30.2 Å². The van der Waals surface area contributed by atoms with Gasteiger partial charge in [0.15, 0.2) is 5.96 Å². The van der Waals surface area contributed by atoms with Crippen LogP contribution in [-0.2, 0) is 6.42 Å². The number of rotatable bonds is 3. The van der Waals surface area contributed by atoms with Crippen LogP contribution in [0.25, 0.3) is 0 Å². The van der Waals surface area contributed by atoms with Crippen LogP contribution in [0.5, 0.6) is 0 Å². The molecular formula is C11H16ClN5. The molecule has 6 N–H and O–H groups in total. The molecule has 0 fully saturated rings. The van der Waals surface area contributed by atoms with Gasteiger partial charge in [0.2, 0.25) is 5.96 Å². The maximum Gasteiger partial charge on any atom is 0.223 e. The fourth-order valence-electron chi connectivity index (χ4n) is 1.41. The zero-order valence-corrected chi connectivity index (χ0v) is 10.4. The molecule has 0 aromatic heterocycles. The highest BCUT2D eigenvalue weighted by Gasteiger charge is 2.02. The quantitative estimate of drug-likeness (QED) is 0.562. The Kier molecular flexibility index (Phi) is 4.78. The van der Waals surface area contributed by atoms with E-state index >= 15 is 0 Å². The first-order valence-corrected chi connectivity index (χ1v) is 5.63. The smallest absolute Gasteiger partial charge is 0.223 e. The molecule has 0 atom stereocenters. The van der Waals surface area contributed by atoms with E-state index < -0.39 is 0 Å². The summed E-state index contributed by atoms with van der Waals surface area (Å²) in [5.41, 5.74) is 17.8. The number of hydrogen-bond donors (Lipinski definition) is 3. The van der Waals surface area contributed by atoms with Gasteiger partial charge < -0.3 is 17.2 Å². The predicted molar refractivity (Wildman–Crippen MR) is 72.5 cm³/mol. The van der Waals surface area contributed by atoms with Crippen molar-refractivity contribution in [3.8, 4) is 0 Å². The lowest BCUT2D eigenvalue weighted by atomic mass is 10.1. The Hall–Kier alpha value is -1.75. The Morgan fingerprint density at radius 2 is 2.00 bits per heavy atom. The van der Waals surface area contributed by atoms with E-state index in [-0.39, 0.29) is 11.9 Å². The van der Waals surface area contributed by atoms with Crippen LogP contribution in [0.1, 0.15) is 18.9 Å². The summed E-state index contributed by atoms with van der Waals surface area (Å²) >= 11 is 5.93. The highest BCUT2D eigenvalue weighted by atomic mass is 35.5. The zero-order valence-electron chi connectivity index (χ0n) is 9.65. The van der Waals surface area contributed by atoms with Crippen molar-refractivity contribution >= 4 is 29.2 Å². The van der Waals surface area contributed by atoms with Gasteiger partial charge in [-0.1, -0.05) is 24.9 Å². The first-order valence-electron chi connectivity index (χ1n) is 5.25. The topological polar surface area (TPSA) is 103 Å². The molecule has 0 heterocycles. The fourth-order valence-corrected chi connectivity index (χ4v) is 1.61. The third-order valence-corrected chi connectivity index (χ3v) is 2.27. The second kappa shape index (κ2) is 6.10. The maximum absolute atomic E-state index is 5.93. The molecule has 0 aliphatic heterocycles. The normalized spacial score (nSPS) is 11.3. The van der Waals surface area contributed by atoms with E-state index in [1.165, 1.54) is 0 Å². The molecule has 1 rings (SSSR count). The summed E-state index contributed by atoms with van der Waals surface area (Å²) in [5, 5.41) is 0.674. The van der Waals surface area contributed by atoms with Gasteiger partial charge in [0.05, 0.1) is 5.69 Å². The molecule has 0 amide bonds. The van der Waals surface area contributed by atoms with Gasteiger partial charge in [-0.3, -0.25) is 0 Å². The lowest BCUT2D eigenvalue weighted by molar-refractivity contribution is 0.921. The van der Waals surface area contributed by atoms with Crippen molar-refractivity contribution in [2.45, 2.75) is 19.8 Å². The molecule has 1 aromatic rings. The molecule has 17 heavy (non-hydrogen) atoms. The molecule has 0 unspecified atom stereocenters. The molecule has 5 nitrogen and oxygen atoms in total. The Morgan fingerprint density at radius 1 is 1.29 bits per heavy atom. The van der Waals surface area contributed by atoms with Gasteiger partial charge in [-0.15, -0.1) is 0 Å². The second-order valence-corrected chi connectivity index (χ2v) is 3.97. The van der Waals surface area contributed by atoms with E-state index in [0.29, 0.717) is 5.02 Å². The van der Waals surface area contributed by atoms with E-state index in [1.807, 2.05) is 6.07 Å². The van der Waals surface area contributed by atoms with Crippen LogP contribution >= 0.6 is 11.6 Å². The molecule has 0 bridgehead atoms. The molecule has 0 radical (unpaired) electrons. The van der Waals surface area contributed by atoms with Gasteiger partial charge >= 0.3 is 0 Å². The van der Waals surface area contributed by atoms with Crippen molar-refractivity contribution < 1.29 is 0 Å². The molecule has 0 spiro atoms. The van der Waals surface area contributed by atoms with Gasteiger partial charge in [0.1, 0.15) is 0 Å². The van der Waals surface area contributed by atoms with E-state index in [9.17, 15) is 0 Å². The number of guanidine groups is 2. The number of halogens is 1. The summed E-state index contributed by atoms with van der Waals surface area (Å²) in [6, 6.07) is 5.41. The summed E-state index contributed by atoms with van der Waals surface area (Å²) in [4.78, 5) is 7.81. The molecule has 1 aromatic carbocycles. The van der Waals surface area contributed by atoms with Crippen molar-refractivity contribution in [1.82, 2.24) is 0 Å². The van der Waals surface area contributed by atoms with E-state index in [0.717, 1.165) is 24.1 Å². The zero-order chi connectivity index (χ0) is 12.8. The number of aliphatic imine (C=N–C) groups is 2. The predicted octanol–water partition coefficient (Wildman–Crippen LogP) is 1.51. The van der Waals surface area contributed by atoms with Crippen LogP contribution in [0.4, 0.5) is 5.69 Å². The minimum atomic E-state index is -0.114. The third-order valence-electron chi connectivity index (χ3n) is 2.04. The Balaban J connectivity index is 3.09. The van der Waals surface area contributed by atoms with Crippen molar-refractivity contribution in [1.29, 1.82) is 0 Å². The summed E-state index contributed by atoms with van der Waals surface area (Å²) in [6.45, 7) is 2.08. The largest absolute Gasteiger partial charge is 0.370 e. The SMILES string of the molecule is CCCc1cc(Cl)ccc1N=C(N)N=C(N)N. The average molecular weight is 254 g/mol. The first kappa shape index (κ1) is 13.3. The molecule has 0 saturated heterocycles. The summed E-state index contributed by atoms with van der Waals surface area (Å²) in [5.74, 6) is -0.0815. The van der Waals surface area contributed by atoms with Crippen molar-refractivity contribution in [3.05, 3.63) is 28.8 Å². The second-order valence-electron chi connectivity index (χ2n) is 3.53. The summed E-state index contributed by atoms with van der Waals surface area (Å²) in [7, 11) is 0. The van der Waals surface area contributed by atoms with Crippen molar-refractivity contribution in [2.75, 3.05) is 0 Å². The Bertz CT molecular complexity index is 449. The molecule has 0 aliphatic carbocycles. The number of aryl methyl sites for hydroxylation is 1. The summed E-state index contributed by atoms with van der Waals surface area (Å²) in [6.07, 6.45) is 1.86. The van der Waals surface area contributed by atoms with E-state index in [2.05, 4.69) is 16.9 Å². The minimum Gasteiger partial charge on any atom is -0.370 e. The van der Waals surface area contributed by atoms with Gasteiger partial charge in [0.25, 0.3) is 0 Å². The Labute approximate surface area is 105 Å². The van der Waals surface area contributed by atoms with Crippen molar-refractivity contribution in [2.24, 2.45) is 27.2 Å². The van der Waals surface area contributed by atoms with E-state index in [1.54, 1.807) is 12.1 Å². The highest BCUT2D eigenvalue weighted by molar-refractivity contribution is 6.30. The van der Waals surface area contributed by atoms with Crippen LogP contribution in [0.15, 0.2) is 28.2 Å². The first-order chi connectivity index (χ1) is 8.02. The van der Waals surface area contributed by atoms with Gasteiger partial charge in [0, 0.05) is 5.02 Å². The standard InChI is InChI=1S/C11H16ClN5/c1-2-3-7-6-8(12)4-5-9(7)16-11(15)17-10(13)14/h4-6H,2-3H2,1H3,(H6,13,14,15,16,17). The summed E-state index contributed by atoms with van der Waals surface area (Å²) < 4.78 is 0. The van der Waals surface area contributed by atoms with Crippen LogP contribution in [0, 0.1) is 0 Å². The number of benzene rings is 1. The monoisotopic (exact) mass is 253 g/mol. The molecule has 6 heteroatoms. The lowest BCUT2D eigenvalue weighted by Crippen LogP contribution is -2.26. The van der Waals surface area contributed by atoms with Crippen LogP contribution in [0.2, 0.25) is 5.02 Å². The molecule has 0 aliphatic rings. The van der Waals surface area contributed by atoms with Gasteiger partial charge in [-0.2, -0.15) is 4.99 Å². The van der Waals surface area contributed by atoms with Crippen LogP contribution < -0.4 is 17.2 Å². The average Bonchev–Trinajstić information content (AvgIpc) is 2.21.